The van der Waals surface area contributed by atoms with Gasteiger partial charge < -0.3 is 14.8 Å². The van der Waals surface area contributed by atoms with Crippen LogP contribution in [0.25, 0.3) is 6.08 Å². The summed E-state index contributed by atoms with van der Waals surface area (Å²) in [4.78, 5) is 13.9. The van der Waals surface area contributed by atoms with Gasteiger partial charge in [0.1, 0.15) is 28.1 Å². The summed E-state index contributed by atoms with van der Waals surface area (Å²) < 4.78 is 11.2. The number of rotatable bonds is 6. The Kier molecular flexibility index (Phi) is 7.84. The van der Waals surface area contributed by atoms with E-state index in [-0.39, 0.29) is 43.4 Å². The number of hydrogen-bond donors (Lipinski definition) is 1. The largest absolute Gasteiger partial charge is 0.496 e. The van der Waals surface area contributed by atoms with Crippen LogP contribution in [0.2, 0.25) is 25.1 Å². The van der Waals surface area contributed by atoms with Crippen LogP contribution in [-0.2, 0) is 11.4 Å². The molecule has 0 unspecified atom stereocenters. The van der Waals surface area contributed by atoms with E-state index in [1.165, 1.54) is 12.0 Å². The van der Waals surface area contributed by atoms with Gasteiger partial charge in [0.15, 0.2) is 10.9 Å². The molecular formula is C20H15Cl5N2O3S. The number of thiocarbonyl (C=S) groups is 1. The van der Waals surface area contributed by atoms with Crippen molar-refractivity contribution in [3.63, 3.8) is 0 Å². The third-order valence-corrected chi connectivity index (χ3v) is 7.00. The van der Waals surface area contributed by atoms with E-state index in [1.807, 2.05) is 6.92 Å². The molecule has 0 aliphatic carbocycles. The molecule has 1 aliphatic heterocycles. The zero-order valence-electron chi connectivity index (χ0n) is 16.2. The minimum absolute atomic E-state index is 0.0365. The predicted octanol–water partition coefficient (Wildman–Crippen LogP) is 6.62. The van der Waals surface area contributed by atoms with Crippen LogP contribution in [0.15, 0.2) is 23.9 Å². The predicted molar refractivity (Wildman–Crippen MR) is 130 cm³/mol. The van der Waals surface area contributed by atoms with Gasteiger partial charge in [0.05, 0.1) is 22.2 Å². The van der Waals surface area contributed by atoms with Crippen LogP contribution in [0.1, 0.15) is 18.1 Å². The van der Waals surface area contributed by atoms with E-state index < -0.39 is 0 Å². The molecule has 1 fully saturated rings. The second-order valence-electron chi connectivity index (χ2n) is 6.30. The Labute approximate surface area is 209 Å². The minimum atomic E-state index is -0.190. The van der Waals surface area contributed by atoms with E-state index in [0.29, 0.717) is 28.7 Å². The van der Waals surface area contributed by atoms with Crippen LogP contribution in [0.3, 0.4) is 0 Å². The van der Waals surface area contributed by atoms with Gasteiger partial charge >= 0.3 is 0 Å². The molecule has 1 saturated heterocycles. The topological polar surface area (TPSA) is 50.8 Å². The van der Waals surface area contributed by atoms with Gasteiger partial charge in [-0.1, -0.05) is 64.1 Å². The smallest absolute Gasteiger partial charge is 0.276 e. The van der Waals surface area contributed by atoms with Gasteiger partial charge in [0, 0.05) is 12.1 Å². The molecule has 5 nitrogen and oxygen atoms in total. The molecule has 2 aromatic rings. The maximum absolute atomic E-state index is 12.4. The van der Waals surface area contributed by atoms with Gasteiger partial charge in [-0.15, -0.1) is 0 Å². The summed E-state index contributed by atoms with van der Waals surface area (Å²) >= 11 is 35.8. The summed E-state index contributed by atoms with van der Waals surface area (Å²) in [5.74, 6) is 0.479. The lowest BCUT2D eigenvalue weighted by molar-refractivity contribution is -0.122. The molecule has 0 bridgehead atoms. The van der Waals surface area contributed by atoms with Gasteiger partial charge in [-0.25, -0.2) is 0 Å². The molecule has 1 amide bonds. The summed E-state index contributed by atoms with van der Waals surface area (Å²) in [6, 6.07) is 5.36. The van der Waals surface area contributed by atoms with Crippen molar-refractivity contribution >= 4 is 87.3 Å². The fraction of sp³-hybridized carbons (Fsp3) is 0.200. The van der Waals surface area contributed by atoms with Crippen molar-refractivity contribution in [2.45, 2.75) is 13.5 Å². The number of amides is 1. The summed E-state index contributed by atoms with van der Waals surface area (Å²) in [6.07, 6.45) is 1.70. The van der Waals surface area contributed by atoms with Crippen LogP contribution in [0.4, 0.5) is 0 Å². The van der Waals surface area contributed by atoms with Crippen LogP contribution >= 0.6 is 70.2 Å². The molecule has 2 aromatic carbocycles. The molecule has 0 radical (unpaired) electrons. The van der Waals surface area contributed by atoms with E-state index in [1.54, 1.807) is 24.3 Å². The molecule has 11 heteroatoms. The third-order valence-electron chi connectivity index (χ3n) is 4.44. The highest BCUT2D eigenvalue weighted by molar-refractivity contribution is 7.80. The number of ether oxygens (including phenoxy) is 2. The molecule has 1 heterocycles. The number of hydrogen-bond acceptors (Lipinski definition) is 4. The lowest BCUT2D eigenvalue weighted by atomic mass is 10.1. The van der Waals surface area contributed by atoms with Crippen molar-refractivity contribution in [3.8, 4) is 11.5 Å². The Morgan fingerprint density at radius 2 is 1.68 bits per heavy atom. The first-order valence-corrected chi connectivity index (χ1v) is 11.1. The van der Waals surface area contributed by atoms with E-state index in [4.69, 9.17) is 79.7 Å². The quantitative estimate of drug-likeness (QED) is 0.193. The molecule has 31 heavy (non-hydrogen) atoms. The molecule has 164 valence electrons. The van der Waals surface area contributed by atoms with E-state index in [0.717, 1.165) is 5.56 Å². The SMILES string of the molecule is CCN1C(=O)/C(=C\c2ccc(OC)c(COc3c(Cl)c(Cl)c(Cl)c(Cl)c3Cl)c2)NC1=S. The number of nitrogens with zero attached hydrogens (tertiary/aromatic N) is 1. The maximum atomic E-state index is 12.4. The number of likely N-dealkylation sites (N-methyl/N-ethyl adjacent to an activating group) is 1. The van der Waals surface area contributed by atoms with Crippen LogP contribution in [0, 0.1) is 0 Å². The van der Waals surface area contributed by atoms with Crippen molar-refractivity contribution in [2.24, 2.45) is 0 Å². The minimum Gasteiger partial charge on any atom is -0.496 e. The highest BCUT2D eigenvalue weighted by atomic mass is 35.5. The Bertz CT molecular complexity index is 1080. The summed E-state index contributed by atoms with van der Waals surface area (Å²) in [5, 5.41) is 3.52. The molecule has 0 atom stereocenters. The van der Waals surface area contributed by atoms with Gasteiger partial charge in [0.2, 0.25) is 0 Å². The number of nitrogens with one attached hydrogen (secondary N) is 1. The Morgan fingerprint density at radius 1 is 1.06 bits per heavy atom. The number of carbonyl (C=O) groups is 1. The second-order valence-corrected chi connectivity index (χ2v) is 8.57. The first-order chi connectivity index (χ1) is 14.7. The lowest BCUT2D eigenvalue weighted by Crippen LogP contribution is -2.30. The highest BCUT2D eigenvalue weighted by Gasteiger charge is 2.29. The number of methoxy groups -OCH3 is 1. The van der Waals surface area contributed by atoms with Crippen molar-refractivity contribution in [1.29, 1.82) is 0 Å². The summed E-state index contributed by atoms with van der Waals surface area (Å²) in [6.45, 7) is 2.37. The molecule has 0 aromatic heterocycles. The van der Waals surface area contributed by atoms with Crippen LogP contribution in [-0.4, -0.2) is 29.6 Å². The summed E-state index contributed by atoms with van der Waals surface area (Å²) in [7, 11) is 1.53. The first-order valence-electron chi connectivity index (χ1n) is 8.85. The molecular weight excluding hydrogens is 526 g/mol. The zero-order chi connectivity index (χ0) is 22.9. The number of benzene rings is 2. The van der Waals surface area contributed by atoms with Crippen molar-refractivity contribution < 1.29 is 14.3 Å². The van der Waals surface area contributed by atoms with Crippen LogP contribution in [0.5, 0.6) is 11.5 Å². The highest BCUT2D eigenvalue weighted by Crippen LogP contribution is 2.48. The Morgan fingerprint density at radius 3 is 2.23 bits per heavy atom. The van der Waals surface area contributed by atoms with Crippen molar-refractivity contribution in [2.75, 3.05) is 13.7 Å². The Hall–Kier alpha value is -1.41. The second kappa shape index (κ2) is 10.0. The molecule has 1 aliphatic rings. The van der Waals surface area contributed by atoms with Gasteiger partial charge in [-0.2, -0.15) is 0 Å². The van der Waals surface area contributed by atoms with Gasteiger partial charge in [-0.05, 0) is 42.9 Å². The normalized spacial score (nSPS) is 14.9. The lowest BCUT2D eigenvalue weighted by Gasteiger charge is -2.15. The zero-order valence-corrected chi connectivity index (χ0v) is 20.8. The van der Waals surface area contributed by atoms with Gasteiger partial charge in [0.25, 0.3) is 5.91 Å². The number of carbonyl (C=O) groups excluding carboxylic acids is 1. The molecule has 0 spiro atoms. The average Bonchev–Trinajstić information content (AvgIpc) is 3.03. The fourth-order valence-electron chi connectivity index (χ4n) is 2.89. The van der Waals surface area contributed by atoms with Crippen molar-refractivity contribution in [3.05, 3.63) is 60.1 Å². The fourth-order valence-corrected chi connectivity index (χ4v) is 4.44. The standard InChI is InChI=1S/C20H15Cl5N2O3S/c1-3-27-19(28)11(26-20(27)31)7-9-4-5-12(29-2)10(6-9)8-30-18-16(24)14(22)13(21)15(23)17(18)25/h4-7H,3,8H2,1-2H3,(H,26,31)/b11-7+. The average molecular weight is 541 g/mol. The monoisotopic (exact) mass is 538 g/mol. The maximum Gasteiger partial charge on any atom is 0.276 e. The molecule has 1 N–H and O–H groups in total. The first kappa shape index (κ1) is 24.2. The van der Waals surface area contributed by atoms with E-state index in [9.17, 15) is 4.79 Å². The molecule has 0 saturated carbocycles. The number of halogens is 5. The Balaban J connectivity index is 1.91. The van der Waals surface area contributed by atoms with E-state index in [2.05, 4.69) is 5.32 Å². The van der Waals surface area contributed by atoms with Gasteiger partial charge in [-0.3, -0.25) is 9.69 Å². The van der Waals surface area contributed by atoms with Crippen molar-refractivity contribution in [1.82, 2.24) is 10.2 Å². The third kappa shape index (κ3) is 4.85. The van der Waals surface area contributed by atoms with E-state index >= 15 is 0 Å². The van der Waals surface area contributed by atoms with Crippen LogP contribution < -0.4 is 14.8 Å². The molecule has 3 rings (SSSR count). The summed E-state index contributed by atoms with van der Waals surface area (Å²) in [5.41, 5.74) is 1.79.